The van der Waals surface area contributed by atoms with E-state index in [0.29, 0.717) is 18.7 Å². The van der Waals surface area contributed by atoms with Crippen LogP contribution >= 0.6 is 0 Å². The van der Waals surface area contributed by atoms with Gasteiger partial charge in [0.2, 0.25) is 0 Å². The van der Waals surface area contributed by atoms with Crippen molar-refractivity contribution in [3.05, 3.63) is 42.1 Å². The van der Waals surface area contributed by atoms with Gasteiger partial charge in [-0.3, -0.25) is 9.78 Å². The first-order valence-corrected chi connectivity index (χ1v) is 7.07. The summed E-state index contributed by atoms with van der Waals surface area (Å²) >= 11 is 0. The molecule has 0 aliphatic carbocycles. The second-order valence-electron chi connectivity index (χ2n) is 5.36. The first-order chi connectivity index (χ1) is 10.2. The molecule has 110 valence electrons. The second-order valence-corrected chi connectivity index (χ2v) is 5.36. The molecule has 0 bridgehead atoms. The number of fused-ring (bicyclic) bond motifs is 1. The predicted molar refractivity (Wildman–Crippen MR) is 79.1 cm³/mol. The third kappa shape index (κ3) is 2.75. The van der Waals surface area contributed by atoms with Gasteiger partial charge in [-0.2, -0.15) is 0 Å². The van der Waals surface area contributed by atoms with E-state index in [2.05, 4.69) is 4.98 Å². The maximum atomic E-state index is 12.7. The molecule has 1 fully saturated rings. The van der Waals surface area contributed by atoms with E-state index in [4.69, 9.17) is 4.74 Å². The summed E-state index contributed by atoms with van der Waals surface area (Å²) in [5.74, 6) is -0.0324. The van der Waals surface area contributed by atoms with Crippen LogP contribution < -0.4 is 0 Å². The average molecular weight is 286 g/mol. The van der Waals surface area contributed by atoms with E-state index in [9.17, 15) is 9.90 Å². The summed E-state index contributed by atoms with van der Waals surface area (Å²) in [6, 6.07) is 9.32. The molecule has 5 nitrogen and oxygen atoms in total. The molecular weight excluding hydrogens is 268 g/mol. The lowest BCUT2D eigenvalue weighted by atomic mass is 10.1. The minimum atomic E-state index is -0.299. The summed E-state index contributed by atoms with van der Waals surface area (Å²) in [5.41, 5.74) is 1.51. The summed E-state index contributed by atoms with van der Waals surface area (Å²) < 4.78 is 5.47. The number of hydrogen-bond donors (Lipinski definition) is 1. The van der Waals surface area contributed by atoms with Crippen LogP contribution in [0.25, 0.3) is 10.9 Å². The molecule has 1 aromatic heterocycles. The second kappa shape index (κ2) is 5.79. The lowest BCUT2D eigenvalue weighted by molar-refractivity contribution is -0.0667. The highest BCUT2D eigenvalue weighted by Crippen LogP contribution is 2.19. The molecule has 2 heterocycles. The van der Waals surface area contributed by atoms with Crippen LogP contribution in [-0.2, 0) is 4.74 Å². The van der Waals surface area contributed by atoms with Crippen molar-refractivity contribution in [3.8, 4) is 0 Å². The number of rotatable bonds is 2. The third-order valence-corrected chi connectivity index (χ3v) is 3.82. The molecule has 1 amide bonds. The quantitative estimate of drug-likeness (QED) is 0.908. The minimum Gasteiger partial charge on any atom is -0.394 e. The van der Waals surface area contributed by atoms with Gasteiger partial charge >= 0.3 is 0 Å². The van der Waals surface area contributed by atoms with Gasteiger partial charge in [0, 0.05) is 23.7 Å². The van der Waals surface area contributed by atoms with Gasteiger partial charge in [0.05, 0.1) is 30.9 Å². The number of morpholine rings is 1. The van der Waals surface area contributed by atoms with E-state index in [-0.39, 0.29) is 24.7 Å². The van der Waals surface area contributed by atoms with E-state index < -0.39 is 0 Å². The van der Waals surface area contributed by atoms with Crippen molar-refractivity contribution in [1.82, 2.24) is 9.88 Å². The van der Waals surface area contributed by atoms with Crippen molar-refractivity contribution in [2.24, 2.45) is 0 Å². The molecule has 1 saturated heterocycles. The van der Waals surface area contributed by atoms with E-state index in [1.807, 2.05) is 31.2 Å². The molecule has 1 aliphatic heterocycles. The Morgan fingerprint density at radius 3 is 3.14 bits per heavy atom. The number of aromatic nitrogens is 1. The number of benzene rings is 1. The molecule has 21 heavy (non-hydrogen) atoms. The van der Waals surface area contributed by atoms with Crippen molar-refractivity contribution in [1.29, 1.82) is 0 Å². The molecule has 5 heteroatoms. The predicted octanol–water partition coefficient (Wildman–Crippen LogP) is 1.46. The molecule has 0 saturated carbocycles. The lowest BCUT2D eigenvalue weighted by Crippen LogP contribution is -2.52. The maximum Gasteiger partial charge on any atom is 0.254 e. The molecule has 1 aromatic carbocycles. The van der Waals surface area contributed by atoms with Crippen LogP contribution in [0.15, 0.2) is 36.5 Å². The number of carbonyl (C=O) groups excluding carboxylic acids is 1. The first-order valence-electron chi connectivity index (χ1n) is 7.07. The molecule has 1 N–H and O–H groups in total. The monoisotopic (exact) mass is 286 g/mol. The fourth-order valence-electron chi connectivity index (χ4n) is 2.59. The van der Waals surface area contributed by atoms with Gasteiger partial charge in [0.1, 0.15) is 0 Å². The average Bonchev–Trinajstić information content (AvgIpc) is 2.54. The Morgan fingerprint density at radius 2 is 2.33 bits per heavy atom. The molecule has 3 rings (SSSR count). The number of carbonyl (C=O) groups is 1. The maximum absolute atomic E-state index is 12.7. The fourth-order valence-corrected chi connectivity index (χ4v) is 2.59. The van der Waals surface area contributed by atoms with Crippen LogP contribution in [0, 0.1) is 0 Å². The summed E-state index contributed by atoms with van der Waals surface area (Å²) in [5, 5.41) is 10.2. The number of amides is 1. The molecule has 2 unspecified atom stereocenters. The zero-order chi connectivity index (χ0) is 14.8. The lowest BCUT2D eigenvalue weighted by Gasteiger charge is -2.37. The van der Waals surface area contributed by atoms with Crippen molar-refractivity contribution in [2.75, 3.05) is 19.8 Å². The van der Waals surface area contributed by atoms with E-state index in [1.165, 1.54) is 0 Å². The van der Waals surface area contributed by atoms with Gasteiger partial charge in [-0.15, -0.1) is 0 Å². The van der Waals surface area contributed by atoms with Crippen LogP contribution in [0.5, 0.6) is 0 Å². The standard InChI is InChI=1S/C16H18N2O3/c1-11-10-21-14(9-19)8-18(11)16(20)13-4-5-15-12(7-13)3-2-6-17-15/h2-7,11,14,19H,8-10H2,1H3. The highest BCUT2D eigenvalue weighted by Gasteiger charge is 2.29. The largest absolute Gasteiger partial charge is 0.394 e. The summed E-state index contributed by atoms with van der Waals surface area (Å²) in [7, 11) is 0. The molecule has 0 spiro atoms. The van der Waals surface area contributed by atoms with Crippen LogP contribution in [0.1, 0.15) is 17.3 Å². The summed E-state index contributed by atoms with van der Waals surface area (Å²) in [4.78, 5) is 18.7. The molecule has 1 aliphatic rings. The van der Waals surface area contributed by atoms with Crippen LogP contribution in [0.4, 0.5) is 0 Å². The smallest absolute Gasteiger partial charge is 0.254 e. The zero-order valence-electron chi connectivity index (χ0n) is 11.9. The van der Waals surface area contributed by atoms with Gasteiger partial charge < -0.3 is 14.7 Å². The van der Waals surface area contributed by atoms with E-state index in [1.54, 1.807) is 17.2 Å². The Kier molecular flexibility index (Phi) is 3.86. The summed E-state index contributed by atoms with van der Waals surface area (Å²) in [6.45, 7) is 2.75. The van der Waals surface area contributed by atoms with Crippen molar-refractivity contribution >= 4 is 16.8 Å². The molecule has 0 radical (unpaired) electrons. The highest BCUT2D eigenvalue weighted by atomic mass is 16.5. The van der Waals surface area contributed by atoms with Gasteiger partial charge in [0.25, 0.3) is 5.91 Å². The minimum absolute atomic E-state index is 0.00453. The molecule has 2 atom stereocenters. The number of ether oxygens (including phenoxy) is 1. The van der Waals surface area contributed by atoms with Crippen LogP contribution in [-0.4, -0.2) is 52.8 Å². The van der Waals surface area contributed by atoms with Crippen LogP contribution in [0.2, 0.25) is 0 Å². The number of pyridine rings is 1. The summed E-state index contributed by atoms with van der Waals surface area (Å²) in [6.07, 6.45) is 1.44. The van der Waals surface area contributed by atoms with E-state index >= 15 is 0 Å². The number of aliphatic hydroxyl groups excluding tert-OH is 1. The van der Waals surface area contributed by atoms with Crippen molar-refractivity contribution < 1.29 is 14.6 Å². The highest BCUT2D eigenvalue weighted by molar-refractivity contribution is 5.98. The van der Waals surface area contributed by atoms with Gasteiger partial charge in [0.15, 0.2) is 0 Å². The Bertz CT molecular complexity index is 659. The zero-order valence-corrected chi connectivity index (χ0v) is 11.9. The topological polar surface area (TPSA) is 62.7 Å². The third-order valence-electron chi connectivity index (χ3n) is 3.82. The Morgan fingerprint density at radius 1 is 1.48 bits per heavy atom. The Hall–Kier alpha value is -1.98. The Balaban J connectivity index is 1.88. The van der Waals surface area contributed by atoms with Crippen LogP contribution in [0.3, 0.4) is 0 Å². The number of hydrogen-bond acceptors (Lipinski definition) is 4. The normalized spacial score (nSPS) is 22.5. The Labute approximate surface area is 123 Å². The number of aliphatic hydroxyl groups is 1. The van der Waals surface area contributed by atoms with Gasteiger partial charge in [-0.1, -0.05) is 6.07 Å². The van der Waals surface area contributed by atoms with Crippen molar-refractivity contribution in [2.45, 2.75) is 19.1 Å². The van der Waals surface area contributed by atoms with Gasteiger partial charge in [-0.05, 0) is 31.2 Å². The van der Waals surface area contributed by atoms with Gasteiger partial charge in [-0.25, -0.2) is 0 Å². The molecule has 2 aromatic rings. The van der Waals surface area contributed by atoms with E-state index in [0.717, 1.165) is 10.9 Å². The van der Waals surface area contributed by atoms with Crippen molar-refractivity contribution in [3.63, 3.8) is 0 Å². The molecular formula is C16H18N2O3. The fraction of sp³-hybridized carbons (Fsp3) is 0.375. The first kappa shape index (κ1) is 14.0. The SMILES string of the molecule is CC1COC(CO)CN1C(=O)c1ccc2ncccc2c1. The number of nitrogens with zero attached hydrogens (tertiary/aromatic N) is 2.